The number of hydrogen-bond donors (Lipinski definition) is 0. The first kappa shape index (κ1) is 18.8. The molecule has 0 aliphatic carbocycles. The highest BCUT2D eigenvalue weighted by Crippen LogP contribution is 2.31. The second kappa shape index (κ2) is 8.17. The maximum absolute atomic E-state index is 12.2. The van der Waals surface area contributed by atoms with E-state index in [1.54, 1.807) is 34.5 Å². The predicted octanol–water partition coefficient (Wildman–Crippen LogP) is 1.98. The molecular formula is C18H19N3O5S. The van der Waals surface area contributed by atoms with Crippen molar-refractivity contribution in [2.75, 3.05) is 29.5 Å². The molecule has 142 valence electrons. The van der Waals surface area contributed by atoms with Crippen molar-refractivity contribution >= 4 is 39.9 Å². The molecule has 0 unspecified atom stereocenters. The minimum Gasteiger partial charge on any atom is -0.482 e. The van der Waals surface area contributed by atoms with Gasteiger partial charge in [-0.25, -0.2) is 4.98 Å². The van der Waals surface area contributed by atoms with Gasteiger partial charge in [-0.1, -0.05) is 12.1 Å². The van der Waals surface area contributed by atoms with E-state index in [9.17, 15) is 14.4 Å². The Morgan fingerprint density at radius 2 is 2.15 bits per heavy atom. The zero-order valence-electron chi connectivity index (χ0n) is 15.0. The second-order valence-corrected chi connectivity index (χ2v) is 6.62. The minimum atomic E-state index is -0.548. The van der Waals surface area contributed by atoms with Crippen LogP contribution in [0, 0.1) is 0 Å². The van der Waals surface area contributed by atoms with Crippen molar-refractivity contribution in [3.8, 4) is 5.75 Å². The molecule has 2 amide bonds. The van der Waals surface area contributed by atoms with E-state index in [4.69, 9.17) is 9.47 Å². The number of ether oxygens (including phenoxy) is 2. The number of aromatic nitrogens is 1. The van der Waals surface area contributed by atoms with Crippen LogP contribution in [-0.2, 0) is 25.7 Å². The Labute approximate surface area is 160 Å². The summed E-state index contributed by atoms with van der Waals surface area (Å²) in [5.74, 6) is -0.395. The zero-order valence-corrected chi connectivity index (χ0v) is 15.8. The first-order valence-corrected chi connectivity index (χ1v) is 9.28. The molecule has 1 aromatic carbocycles. The van der Waals surface area contributed by atoms with E-state index in [-0.39, 0.29) is 31.6 Å². The molecule has 1 aromatic heterocycles. The normalized spacial score (nSPS) is 13.0. The molecule has 9 heteroatoms. The molecule has 2 heterocycles. The summed E-state index contributed by atoms with van der Waals surface area (Å²) < 4.78 is 10.6. The number of nitrogens with zero attached hydrogens (tertiary/aromatic N) is 3. The van der Waals surface area contributed by atoms with E-state index in [0.717, 1.165) is 0 Å². The lowest BCUT2D eigenvalue weighted by Gasteiger charge is -2.28. The maximum Gasteiger partial charge on any atom is 0.326 e. The molecule has 0 saturated carbocycles. The smallest absolute Gasteiger partial charge is 0.326 e. The van der Waals surface area contributed by atoms with Crippen LogP contribution in [0.1, 0.15) is 19.5 Å². The Kier molecular flexibility index (Phi) is 5.70. The summed E-state index contributed by atoms with van der Waals surface area (Å²) in [6.07, 6.45) is 0. The Balaban J connectivity index is 1.60. The lowest BCUT2D eigenvalue weighted by Crippen LogP contribution is -2.42. The Morgan fingerprint density at radius 1 is 1.37 bits per heavy atom. The van der Waals surface area contributed by atoms with Crippen molar-refractivity contribution in [2.45, 2.75) is 20.5 Å². The number of para-hydroxylation sites is 2. The zero-order chi connectivity index (χ0) is 19.4. The molecule has 0 radical (unpaired) electrons. The van der Waals surface area contributed by atoms with Gasteiger partial charge in [-0.3, -0.25) is 24.2 Å². The summed E-state index contributed by atoms with van der Waals surface area (Å²) in [6.45, 7) is 3.51. The average molecular weight is 389 g/mol. The highest BCUT2D eigenvalue weighted by molar-refractivity contribution is 7.14. The third-order valence-electron chi connectivity index (χ3n) is 3.94. The van der Waals surface area contributed by atoms with Gasteiger partial charge in [-0.2, -0.15) is 0 Å². The molecule has 3 rings (SSSR count). The highest BCUT2D eigenvalue weighted by atomic mass is 32.1. The highest BCUT2D eigenvalue weighted by Gasteiger charge is 2.27. The third-order valence-corrected chi connectivity index (χ3v) is 4.86. The van der Waals surface area contributed by atoms with Crippen molar-refractivity contribution in [3.63, 3.8) is 0 Å². The van der Waals surface area contributed by atoms with Crippen LogP contribution in [0.5, 0.6) is 5.75 Å². The molecule has 8 nitrogen and oxygen atoms in total. The topological polar surface area (TPSA) is 89.0 Å². The predicted molar refractivity (Wildman–Crippen MR) is 99.9 cm³/mol. The van der Waals surface area contributed by atoms with E-state index < -0.39 is 5.97 Å². The average Bonchev–Trinajstić information content (AvgIpc) is 3.11. The minimum absolute atomic E-state index is 0.0228. The van der Waals surface area contributed by atoms with Crippen LogP contribution in [0.2, 0.25) is 0 Å². The standard InChI is InChI=1S/C18H19N3O5S/c1-3-20(12(2)22)18-19-13(11-27-18)9-26-17(24)8-21-14-6-4-5-7-15(14)25-10-16(21)23/h4-7,11H,3,8-10H2,1-2H3. The van der Waals surface area contributed by atoms with E-state index in [1.807, 2.05) is 6.92 Å². The van der Waals surface area contributed by atoms with Crippen molar-refractivity contribution < 1.29 is 23.9 Å². The van der Waals surface area contributed by atoms with Crippen molar-refractivity contribution in [2.24, 2.45) is 0 Å². The van der Waals surface area contributed by atoms with Gasteiger partial charge in [0.05, 0.1) is 11.4 Å². The van der Waals surface area contributed by atoms with E-state index >= 15 is 0 Å². The SMILES string of the molecule is CCN(C(C)=O)c1nc(COC(=O)CN2C(=O)COc3ccccc32)cs1. The van der Waals surface area contributed by atoms with Crippen LogP contribution in [0.25, 0.3) is 0 Å². The molecular weight excluding hydrogens is 370 g/mol. The van der Waals surface area contributed by atoms with Crippen LogP contribution in [0.4, 0.5) is 10.8 Å². The molecule has 0 N–H and O–H groups in total. The van der Waals surface area contributed by atoms with Gasteiger partial charge in [0.1, 0.15) is 18.9 Å². The van der Waals surface area contributed by atoms with Crippen LogP contribution in [-0.4, -0.2) is 42.5 Å². The number of thiazole rings is 1. The van der Waals surface area contributed by atoms with Crippen LogP contribution in [0.15, 0.2) is 29.6 Å². The van der Waals surface area contributed by atoms with Gasteiger partial charge in [0.25, 0.3) is 5.91 Å². The molecule has 2 aromatic rings. The molecule has 0 spiro atoms. The van der Waals surface area contributed by atoms with E-state index in [1.165, 1.54) is 23.2 Å². The Morgan fingerprint density at radius 3 is 2.89 bits per heavy atom. The number of carbonyl (C=O) groups is 3. The number of esters is 1. The van der Waals surface area contributed by atoms with Gasteiger partial charge < -0.3 is 9.47 Å². The van der Waals surface area contributed by atoms with Gasteiger partial charge in [-0.05, 0) is 19.1 Å². The summed E-state index contributed by atoms with van der Waals surface area (Å²) in [7, 11) is 0. The number of benzene rings is 1. The fourth-order valence-electron chi connectivity index (χ4n) is 2.64. The lowest BCUT2D eigenvalue weighted by molar-refractivity contribution is -0.144. The number of fused-ring (bicyclic) bond motifs is 1. The molecule has 1 aliphatic rings. The molecule has 27 heavy (non-hydrogen) atoms. The fraction of sp³-hybridized carbons (Fsp3) is 0.333. The molecule has 0 bridgehead atoms. The van der Waals surface area contributed by atoms with Gasteiger partial charge in [0.2, 0.25) is 5.91 Å². The number of anilines is 2. The number of carbonyl (C=O) groups excluding carboxylic acids is 3. The number of hydrogen-bond acceptors (Lipinski definition) is 7. The van der Waals surface area contributed by atoms with Crippen LogP contribution in [0.3, 0.4) is 0 Å². The quantitative estimate of drug-likeness (QED) is 0.702. The van der Waals surface area contributed by atoms with Crippen molar-refractivity contribution in [1.82, 2.24) is 4.98 Å². The van der Waals surface area contributed by atoms with Crippen molar-refractivity contribution in [3.05, 3.63) is 35.3 Å². The number of rotatable bonds is 6. The summed E-state index contributed by atoms with van der Waals surface area (Å²) in [5.41, 5.74) is 1.10. The van der Waals surface area contributed by atoms with Gasteiger partial charge in [-0.15, -0.1) is 11.3 Å². The molecule has 0 fully saturated rings. The van der Waals surface area contributed by atoms with Gasteiger partial charge >= 0.3 is 5.97 Å². The van der Waals surface area contributed by atoms with E-state index in [0.29, 0.717) is 28.8 Å². The number of amides is 2. The molecule has 0 saturated heterocycles. The third kappa shape index (κ3) is 4.25. The summed E-state index contributed by atoms with van der Waals surface area (Å²) in [6, 6.07) is 7.02. The maximum atomic E-state index is 12.2. The Bertz CT molecular complexity index is 866. The van der Waals surface area contributed by atoms with Crippen molar-refractivity contribution in [1.29, 1.82) is 0 Å². The fourth-order valence-corrected chi connectivity index (χ4v) is 3.55. The Hall–Kier alpha value is -2.94. The monoisotopic (exact) mass is 389 g/mol. The van der Waals surface area contributed by atoms with E-state index in [2.05, 4.69) is 4.98 Å². The lowest BCUT2D eigenvalue weighted by atomic mass is 10.2. The van der Waals surface area contributed by atoms with Gasteiger partial charge in [0.15, 0.2) is 11.7 Å². The summed E-state index contributed by atoms with van der Waals surface area (Å²) in [4.78, 5) is 43.1. The first-order chi connectivity index (χ1) is 13.0. The van der Waals surface area contributed by atoms with Gasteiger partial charge in [0, 0.05) is 18.8 Å². The van der Waals surface area contributed by atoms with Crippen LogP contribution < -0.4 is 14.5 Å². The largest absolute Gasteiger partial charge is 0.482 e. The second-order valence-electron chi connectivity index (χ2n) is 5.78. The molecule has 1 aliphatic heterocycles. The summed E-state index contributed by atoms with van der Waals surface area (Å²) in [5, 5.41) is 2.30. The first-order valence-electron chi connectivity index (χ1n) is 8.40. The van der Waals surface area contributed by atoms with Crippen LogP contribution >= 0.6 is 11.3 Å². The summed E-state index contributed by atoms with van der Waals surface area (Å²) >= 11 is 1.31. The molecule has 0 atom stereocenters.